The van der Waals surface area contributed by atoms with Gasteiger partial charge in [-0.15, -0.1) is 11.8 Å². The van der Waals surface area contributed by atoms with Gasteiger partial charge in [0.15, 0.2) is 0 Å². The van der Waals surface area contributed by atoms with Crippen molar-refractivity contribution in [3.63, 3.8) is 0 Å². The first-order chi connectivity index (χ1) is 18.4. The number of halogens is 2. The van der Waals surface area contributed by atoms with Gasteiger partial charge in [0.1, 0.15) is 6.04 Å². The van der Waals surface area contributed by atoms with E-state index < -0.39 is 6.04 Å². The number of hydrogen-bond donors (Lipinski definition) is 1. The second-order valence-electron chi connectivity index (χ2n) is 9.90. The van der Waals surface area contributed by atoms with Crippen LogP contribution in [0.4, 0.5) is 0 Å². The summed E-state index contributed by atoms with van der Waals surface area (Å²) in [7, 11) is 0. The van der Waals surface area contributed by atoms with Crippen LogP contribution in [0.3, 0.4) is 0 Å². The van der Waals surface area contributed by atoms with Crippen molar-refractivity contribution >= 4 is 46.8 Å². The highest BCUT2D eigenvalue weighted by molar-refractivity contribution is 7.99. The Morgan fingerprint density at radius 1 is 0.921 bits per heavy atom. The van der Waals surface area contributed by atoms with Crippen molar-refractivity contribution in [3.05, 3.63) is 105 Å². The molecule has 1 saturated carbocycles. The monoisotopic (exact) mass is 568 g/mol. The summed E-state index contributed by atoms with van der Waals surface area (Å²) in [6.45, 7) is 2.40. The lowest BCUT2D eigenvalue weighted by atomic mass is 10.0. The SMILES string of the molecule is Cc1ccc(CN(C(=O)CSCc2c(Cl)cccc2Cl)[C@@H](Cc2ccccc2)C(=O)NC2CCCC2)cc1. The molecule has 1 aliphatic rings. The zero-order chi connectivity index (χ0) is 26.9. The fourth-order valence-electron chi connectivity index (χ4n) is 4.81. The van der Waals surface area contributed by atoms with Crippen molar-refractivity contribution in [2.75, 3.05) is 5.75 Å². The molecule has 7 heteroatoms. The van der Waals surface area contributed by atoms with Gasteiger partial charge in [0, 0.05) is 34.8 Å². The second-order valence-corrected chi connectivity index (χ2v) is 11.7. The molecule has 1 atom stereocenters. The van der Waals surface area contributed by atoms with Crippen LogP contribution in [-0.4, -0.2) is 34.6 Å². The van der Waals surface area contributed by atoms with Crippen LogP contribution in [0, 0.1) is 6.92 Å². The molecule has 1 fully saturated rings. The molecule has 0 saturated heterocycles. The first-order valence-electron chi connectivity index (χ1n) is 13.1. The van der Waals surface area contributed by atoms with Crippen LogP contribution < -0.4 is 5.32 Å². The Balaban J connectivity index is 1.57. The first kappa shape index (κ1) is 28.5. The van der Waals surface area contributed by atoms with Gasteiger partial charge in [0.05, 0.1) is 5.75 Å². The normalized spacial score (nSPS) is 14.3. The predicted octanol–water partition coefficient (Wildman–Crippen LogP) is 7.23. The molecule has 200 valence electrons. The summed E-state index contributed by atoms with van der Waals surface area (Å²) in [6, 6.07) is 23.0. The Kier molecular flexibility index (Phi) is 10.6. The smallest absolute Gasteiger partial charge is 0.243 e. The highest BCUT2D eigenvalue weighted by atomic mass is 35.5. The minimum atomic E-state index is -0.615. The van der Waals surface area contributed by atoms with Crippen molar-refractivity contribution in [3.8, 4) is 0 Å². The predicted molar refractivity (Wildman–Crippen MR) is 159 cm³/mol. The molecule has 1 N–H and O–H groups in total. The van der Waals surface area contributed by atoms with Gasteiger partial charge < -0.3 is 10.2 Å². The molecule has 0 heterocycles. The highest BCUT2D eigenvalue weighted by Gasteiger charge is 2.32. The summed E-state index contributed by atoms with van der Waals surface area (Å²) < 4.78 is 0. The maximum atomic E-state index is 13.8. The largest absolute Gasteiger partial charge is 0.352 e. The summed E-state index contributed by atoms with van der Waals surface area (Å²) in [5, 5.41) is 4.43. The number of carbonyl (C=O) groups excluding carboxylic acids is 2. The number of amides is 2. The van der Waals surface area contributed by atoms with Gasteiger partial charge in [-0.05, 0) is 48.6 Å². The molecule has 4 rings (SSSR count). The van der Waals surface area contributed by atoms with Gasteiger partial charge in [-0.1, -0.05) is 102 Å². The molecule has 4 nitrogen and oxygen atoms in total. The fraction of sp³-hybridized carbons (Fsp3) is 0.355. The number of nitrogens with one attached hydrogen (secondary N) is 1. The van der Waals surface area contributed by atoms with Gasteiger partial charge in [0.25, 0.3) is 0 Å². The number of hydrogen-bond acceptors (Lipinski definition) is 3. The van der Waals surface area contributed by atoms with E-state index in [4.69, 9.17) is 23.2 Å². The lowest BCUT2D eigenvalue weighted by Crippen LogP contribution is -2.52. The summed E-state index contributed by atoms with van der Waals surface area (Å²) in [6.07, 6.45) is 4.69. The quantitative estimate of drug-likeness (QED) is 0.265. The van der Waals surface area contributed by atoms with E-state index in [2.05, 4.69) is 5.32 Å². The van der Waals surface area contributed by atoms with Crippen LogP contribution >= 0.6 is 35.0 Å². The Hall–Kier alpha value is -2.47. The zero-order valence-electron chi connectivity index (χ0n) is 21.7. The van der Waals surface area contributed by atoms with E-state index in [1.165, 1.54) is 11.8 Å². The Bertz CT molecular complexity index is 1190. The third-order valence-corrected chi connectivity index (χ3v) is 8.63. The summed E-state index contributed by atoms with van der Waals surface area (Å²) in [5.74, 6) is 0.567. The van der Waals surface area contributed by atoms with E-state index >= 15 is 0 Å². The lowest BCUT2D eigenvalue weighted by molar-refractivity contribution is -0.139. The molecule has 0 bridgehead atoms. The first-order valence-corrected chi connectivity index (χ1v) is 15.0. The van der Waals surface area contributed by atoms with Gasteiger partial charge in [0.2, 0.25) is 11.8 Å². The molecule has 38 heavy (non-hydrogen) atoms. The van der Waals surface area contributed by atoms with Crippen LogP contribution in [0.25, 0.3) is 0 Å². The molecule has 0 aromatic heterocycles. The zero-order valence-corrected chi connectivity index (χ0v) is 24.0. The van der Waals surface area contributed by atoms with Crippen molar-refractivity contribution in [2.45, 2.75) is 63.4 Å². The van der Waals surface area contributed by atoms with E-state index in [9.17, 15) is 9.59 Å². The van der Waals surface area contributed by atoms with Crippen LogP contribution in [0.15, 0.2) is 72.8 Å². The van der Waals surface area contributed by atoms with Crippen LogP contribution in [0.5, 0.6) is 0 Å². The Labute approximate surface area is 240 Å². The molecular formula is C31H34Cl2N2O2S. The minimum Gasteiger partial charge on any atom is -0.352 e. The lowest BCUT2D eigenvalue weighted by Gasteiger charge is -2.32. The van der Waals surface area contributed by atoms with Crippen LogP contribution in [-0.2, 0) is 28.3 Å². The van der Waals surface area contributed by atoms with Crippen molar-refractivity contribution < 1.29 is 9.59 Å². The molecule has 2 amide bonds. The maximum Gasteiger partial charge on any atom is 0.243 e. The molecule has 3 aromatic carbocycles. The van der Waals surface area contributed by atoms with Crippen molar-refractivity contribution in [2.24, 2.45) is 0 Å². The van der Waals surface area contributed by atoms with Crippen molar-refractivity contribution in [1.82, 2.24) is 10.2 Å². The number of rotatable bonds is 11. The van der Waals surface area contributed by atoms with Crippen LogP contribution in [0.1, 0.15) is 47.9 Å². The van der Waals surface area contributed by atoms with E-state index in [1.54, 1.807) is 17.0 Å². The Morgan fingerprint density at radius 2 is 1.58 bits per heavy atom. The third kappa shape index (κ3) is 8.02. The standard InChI is InChI=1S/C31H34Cl2N2O2S/c1-22-14-16-24(17-15-22)19-35(30(36)21-38-20-26-27(32)12-7-13-28(26)33)29(18-23-8-3-2-4-9-23)31(37)34-25-10-5-6-11-25/h2-4,7-9,12-17,25,29H,5-6,10-11,18-21H2,1H3,(H,34,37)/t29-/m0/s1. The fourth-order valence-corrected chi connectivity index (χ4v) is 6.45. The number of aryl methyl sites for hydroxylation is 1. The van der Waals surface area contributed by atoms with Crippen molar-refractivity contribution in [1.29, 1.82) is 0 Å². The molecule has 3 aromatic rings. The third-order valence-electron chi connectivity index (χ3n) is 6.98. The molecule has 1 aliphatic carbocycles. The average Bonchev–Trinajstić information content (AvgIpc) is 3.42. The maximum absolute atomic E-state index is 13.8. The molecule has 0 spiro atoms. The molecular weight excluding hydrogens is 535 g/mol. The molecule has 0 aliphatic heterocycles. The molecule has 0 unspecified atom stereocenters. The molecule has 0 radical (unpaired) electrons. The van der Waals surface area contributed by atoms with Gasteiger partial charge in [-0.3, -0.25) is 9.59 Å². The number of benzene rings is 3. The van der Waals surface area contributed by atoms with E-state index in [1.807, 2.05) is 67.6 Å². The summed E-state index contributed by atoms with van der Waals surface area (Å²) >= 11 is 14.1. The van der Waals surface area contributed by atoms with Crippen LogP contribution in [0.2, 0.25) is 10.0 Å². The Morgan fingerprint density at radius 3 is 2.24 bits per heavy atom. The highest BCUT2D eigenvalue weighted by Crippen LogP contribution is 2.29. The topological polar surface area (TPSA) is 49.4 Å². The minimum absolute atomic E-state index is 0.0822. The summed E-state index contributed by atoms with van der Waals surface area (Å²) in [4.78, 5) is 29.3. The van der Waals surface area contributed by atoms with E-state index in [-0.39, 0.29) is 23.6 Å². The van der Waals surface area contributed by atoms with E-state index in [0.717, 1.165) is 47.9 Å². The number of carbonyl (C=O) groups is 2. The second kappa shape index (κ2) is 14.1. The average molecular weight is 570 g/mol. The van der Waals surface area contributed by atoms with E-state index in [0.29, 0.717) is 28.8 Å². The number of thioether (sulfide) groups is 1. The van der Waals surface area contributed by atoms with Gasteiger partial charge in [-0.25, -0.2) is 0 Å². The van der Waals surface area contributed by atoms with Gasteiger partial charge in [-0.2, -0.15) is 0 Å². The number of nitrogens with zero attached hydrogens (tertiary/aromatic N) is 1. The van der Waals surface area contributed by atoms with Gasteiger partial charge >= 0.3 is 0 Å². The summed E-state index contributed by atoms with van der Waals surface area (Å²) in [5.41, 5.74) is 3.99.